The van der Waals surface area contributed by atoms with Gasteiger partial charge in [-0.2, -0.15) is 0 Å². The van der Waals surface area contributed by atoms with E-state index in [9.17, 15) is 4.79 Å². The van der Waals surface area contributed by atoms with E-state index >= 15 is 0 Å². The zero-order chi connectivity index (χ0) is 16.7. The van der Waals surface area contributed by atoms with Gasteiger partial charge in [-0.1, -0.05) is 0 Å². The van der Waals surface area contributed by atoms with Gasteiger partial charge in [-0.05, 0) is 18.2 Å². The Kier molecular flexibility index (Phi) is 6.67. The molecule has 0 unspecified atom stereocenters. The number of piperazine rings is 1. The van der Waals surface area contributed by atoms with Crippen molar-refractivity contribution in [1.82, 2.24) is 9.80 Å². The van der Waals surface area contributed by atoms with Crippen LogP contribution in [0, 0.1) is 0 Å². The summed E-state index contributed by atoms with van der Waals surface area (Å²) < 4.78 is 15.4. The molecule has 6 nitrogen and oxygen atoms in total. The van der Waals surface area contributed by atoms with E-state index in [0.717, 1.165) is 56.3 Å². The van der Waals surface area contributed by atoms with E-state index in [1.807, 2.05) is 18.2 Å². The van der Waals surface area contributed by atoms with Crippen molar-refractivity contribution < 1.29 is 19.0 Å². The van der Waals surface area contributed by atoms with Crippen molar-refractivity contribution in [3.05, 3.63) is 23.8 Å². The molecule has 1 saturated heterocycles. The molecule has 0 N–H and O–H groups in total. The molecule has 0 amide bonds. The molecule has 1 aliphatic heterocycles. The first kappa shape index (κ1) is 17.6. The van der Waals surface area contributed by atoms with Gasteiger partial charge in [0.25, 0.3) is 0 Å². The highest BCUT2D eigenvalue weighted by Crippen LogP contribution is 2.25. The Hall–Kier alpha value is -1.79. The fourth-order valence-corrected chi connectivity index (χ4v) is 2.77. The molecule has 23 heavy (non-hydrogen) atoms. The van der Waals surface area contributed by atoms with Gasteiger partial charge < -0.3 is 19.1 Å². The zero-order valence-corrected chi connectivity index (χ0v) is 14.2. The Labute approximate surface area is 137 Å². The van der Waals surface area contributed by atoms with Gasteiger partial charge in [-0.3, -0.25) is 9.69 Å². The minimum absolute atomic E-state index is 0.145. The van der Waals surface area contributed by atoms with Crippen LogP contribution in [0.5, 0.6) is 11.5 Å². The number of nitrogens with zero attached hydrogens (tertiary/aromatic N) is 2. The van der Waals surface area contributed by atoms with Crippen molar-refractivity contribution >= 4 is 5.97 Å². The third kappa shape index (κ3) is 5.11. The van der Waals surface area contributed by atoms with Crippen LogP contribution in [0.3, 0.4) is 0 Å². The second-order valence-corrected chi connectivity index (χ2v) is 5.62. The maximum Gasteiger partial charge on any atom is 0.306 e. The second-order valence-electron chi connectivity index (χ2n) is 5.62. The average molecular weight is 322 g/mol. The van der Waals surface area contributed by atoms with Crippen molar-refractivity contribution in [1.29, 1.82) is 0 Å². The molecule has 1 aromatic rings. The first-order chi connectivity index (χ1) is 11.2. The molecule has 1 fully saturated rings. The number of esters is 1. The fraction of sp³-hybridized carbons (Fsp3) is 0.588. The summed E-state index contributed by atoms with van der Waals surface area (Å²) in [6.07, 6.45) is 0.459. The van der Waals surface area contributed by atoms with Gasteiger partial charge in [0.2, 0.25) is 0 Å². The normalized spacial score (nSPS) is 16.1. The lowest BCUT2D eigenvalue weighted by Crippen LogP contribution is -2.46. The van der Waals surface area contributed by atoms with Crippen LogP contribution in [0.15, 0.2) is 18.2 Å². The SMILES string of the molecule is COC(=O)CCN1CCN(Cc2cc(OC)ccc2OC)CC1. The first-order valence-corrected chi connectivity index (χ1v) is 7.88. The molecular formula is C17H26N2O4. The van der Waals surface area contributed by atoms with Gasteiger partial charge in [0, 0.05) is 44.8 Å². The highest BCUT2D eigenvalue weighted by Gasteiger charge is 2.19. The van der Waals surface area contributed by atoms with Crippen LogP contribution in [0.4, 0.5) is 0 Å². The quantitative estimate of drug-likeness (QED) is 0.707. The summed E-state index contributed by atoms with van der Waals surface area (Å²) in [6.45, 7) is 5.48. The summed E-state index contributed by atoms with van der Waals surface area (Å²) in [4.78, 5) is 15.9. The van der Waals surface area contributed by atoms with Crippen LogP contribution in [0.1, 0.15) is 12.0 Å². The summed E-state index contributed by atoms with van der Waals surface area (Å²) in [5, 5.41) is 0. The minimum atomic E-state index is -0.145. The van der Waals surface area contributed by atoms with Gasteiger partial charge in [0.05, 0.1) is 27.8 Å². The second kappa shape index (κ2) is 8.74. The van der Waals surface area contributed by atoms with Crippen LogP contribution in [0.2, 0.25) is 0 Å². The molecule has 0 aromatic heterocycles. The molecule has 0 radical (unpaired) electrons. The third-order valence-electron chi connectivity index (χ3n) is 4.21. The predicted octanol–water partition coefficient (Wildman–Crippen LogP) is 1.38. The first-order valence-electron chi connectivity index (χ1n) is 7.88. The Morgan fingerprint density at radius 2 is 1.74 bits per heavy atom. The summed E-state index contributed by atoms with van der Waals surface area (Å²) in [5.74, 6) is 1.59. The summed E-state index contributed by atoms with van der Waals surface area (Å²) >= 11 is 0. The molecule has 0 spiro atoms. The Balaban J connectivity index is 1.85. The van der Waals surface area contributed by atoms with E-state index in [1.54, 1.807) is 14.2 Å². The molecule has 128 valence electrons. The van der Waals surface area contributed by atoms with Crippen LogP contribution < -0.4 is 9.47 Å². The summed E-state index contributed by atoms with van der Waals surface area (Å²) in [6, 6.07) is 5.89. The maximum atomic E-state index is 11.2. The Morgan fingerprint density at radius 3 is 2.35 bits per heavy atom. The van der Waals surface area contributed by atoms with Crippen molar-refractivity contribution in [2.24, 2.45) is 0 Å². The molecule has 0 atom stereocenters. The largest absolute Gasteiger partial charge is 0.497 e. The van der Waals surface area contributed by atoms with E-state index in [0.29, 0.717) is 6.42 Å². The number of rotatable bonds is 7. The average Bonchev–Trinajstić information content (AvgIpc) is 2.60. The van der Waals surface area contributed by atoms with Gasteiger partial charge >= 0.3 is 5.97 Å². The van der Waals surface area contributed by atoms with Gasteiger partial charge in [0.1, 0.15) is 11.5 Å². The summed E-state index contributed by atoms with van der Waals surface area (Å²) in [7, 11) is 4.80. The van der Waals surface area contributed by atoms with E-state index in [4.69, 9.17) is 9.47 Å². The lowest BCUT2D eigenvalue weighted by atomic mass is 10.1. The lowest BCUT2D eigenvalue weighted by molar-refractivity contribution is -0.141. The molecule has 1 aromatic carbocycles. The maximum absolute atomic E-state index is 11.2. The minimum Gasteiger partial charge on any atom is -0.497 e. The highest BCUT2D eigenvalue weighted by molar-refractivity contribution is 5.69. The van der Waals surface area contributed by atoms with Crippen LogP contribution in [0.25, 0.3) is 0 Å². The number of benzene rings is 1. The molecule has 6 heteroatoms. The smallest absolute Gasteiger partial charge is 0.306 e. The van der Waals surface area contributed by atoms with Crippen molar-refractivity contribution in [2.75, 3.05) is 54.1 Å². The number of carbonyl (C=O) groups excluding carboxylic acids is 1. The fourth-order valence-electron chi connectivity index (χ4n) is 2.77. The van der Waals surface area contributed by atoms with Crippen molar-refractivity contribution in [3.8, 4) is 11.5 Å². The van der Waals surface area contributed by atoms with Crippen LogP contribution in [-0.4, -0.2) is 69.8 Å². The van der Waals surface area contributed by atoms with Crippen LogP contribution in [-0.2, 0) is 16.1 Å². The van der Waals surface area contributed by atoms with Gasteiger partial charge in [0.15, 0.2) is 0 Å². The third-order valence-corrected chi connectivity index (χ3v) is 4.21. The molecule has 1 heterocycles. The molecule has 2 rings (SSSR count). The van der Waals surface area contributed by atoms with E-state index < -0.39 is 0 Å². The van der Waals surface area contributed by atoms with Gasteiger partial charge in [-0.25, -0.2) is 0 Å². The van der Waals surface area contributed by atoms with Crippen molar-refractivity contribution in [3.63, 3.8) is 0 Å². The van der Waals surface area contributed by atoms with E-state index in [2.05, 4.69) is 14.5 Å². The summed E-state index contributed by atoms with van der Waals surface area (Å²) in [5.41, 5.74) is 1.13. The van der Waals surface area contributed by atoms with E-state index in [-0.39, 0.29) is 5.97 Å². The number of hydrogen-bond donors (Lipinski definition) is 0. The number of hydrogen-bond acceptors (Lipinski definition) is 6. The monoisotopic (exact) mass is 322 g/mol. The Morgan fingerprint density at radius 1 is 1.04 bits per heavy atom. The number of ether oxygens (including phenoxy) is 3. The molecule has 1 aliphatic rings. The van der Waals surface area contributed by atoms with Gasteiger partial charge in [-0.15, -0.1) is 0 Å². The molecular weight excluding hydrogens is 296 g/mol. The van der Waals surface area contributed by atoms with E-state index in [1.165, 1.54) is 7.11 Å². The van der Waals surface area contributed by atoms with Crippen molar-refractivity contribution in [2.45, 2.75) is 13.0 Å². The van der Waals surface area contributed by atoms with Crippen LogP contribution >= 0.6 is 0 Å². The standard InChI is InChI=1S/C17H26N2O4/c1-21-15-4-5-16(22-2)14(12-15)13-19-10-8-18(9-11-19)7-6-17(20)23-3/h4-5,12H,6-11,13H2,1-3H3. The molecule has 0 bridgehead atoms. The predicted molar refractivity (Wildman–Crippen MR) is 87.9 cm³/mol. The number of methoxy groups -OCH3 is 3. The zero-order valence-electron chi connectivity index (χ0n) is 14.2. The Bertz CT molecular complexity index is 513. The lowest BCUT2D eigenvalue weighted by Gasteiger charge is -2.34. The topological polar surface area (TPSA) is 51.2 Å². The molecule has 0 aliphatic carbocycles. The molecule has 0 saturated carbocycles. The highest BCUT2D eigenvalue weighted by atomic mass is 16.5. The number of carbonyl (C=O) groups is 1.